The number of amides is 1. The first-order chi connectivity index (χ1) is 15.9. The minimum Gasteiger partial charge on any atom is -0.379 e. The number of rotatable bonds is 9. The largest absolute Gasteiger partial charge is 0.379 e. The summed E-state index contributed by atoms with van der Waals surface area (Å²) < 4.78 is 32.6. The lowest BCUT2D eigenvalue weighted by Crippen LogP contribution is -2.40. The number of carbonyl (C=O) groups is 1. The van der Waals surface area contributed by atoms with Gasteiger partial charge in [0.25, 0.3) is 0 Å². The highest BCUT2D eigenvalue weighted by Crippen LogP contribution is 2.30. The van der Waals surface area contributed by atoms with Crippen molar-refractivity contribution in [1.82, 2.24) is 9.21 Å². The van der Waals surface area contributed by atoms with Gasteiger partial charge in [-0.05, 0) is 48.6 Å². The van der Waals surface area contributed by atoms with E-state index >= 15 is 0 Å². The molecule has 4 rings (SSSR count). The standard InChI is InChI=1S/C24H30ClN3O4S/c1-2-18-3-5-19(6-4-18)16-27(20-7-8-20)17-24(29)26-23-15-21(9-10-22(23)25)33(30,31)28-11-13-32-14-12-28/h3-6,9-10,15,20H,2,7-8,11-14,16-17H2,1H3,(H,26,29). The Hall–Kier alpha value is -1.97. The number of halogens is 1. The molecule has 0 bridgehead atoms. The first-order valence-corrected chi connectivity index (χ1v) is 13.2. The SMILES string of the molecule is CCc1ccc(CN(CC(=O)Nc2cc(S(=O)(=O)N3CCOCC3)ccc2Cl)C2CC2)cc1. The van der Waals surface area contributed by atoms with Crippen LogP contribution < -0.4 is 5.32 Å². The molecule has 1 heterocycles. The predicted octanol–water partition coefficient (Wildman–Crippen LogP) is 3.53. The molecule has 2 aromatic rings. The van der Waals surface area contributed by atoms with E-state index in [1.54, 1.807) is 0 Å². The quantitative estimate of drug-likeness (QED) is 0.580. The second-order valence-electron chi connectivity index (χ2n) is 8.51. The van der Waals surface area contributed by atoms with Gasteiger partial charge in [-0.2, -0.15) is 4.31 Å². The number of anilines is 1. The lowest BCUT2D eigenvalue weighted by molar-refractivity contribution is -0.117. The van der Waals surface area contributed by atoms with E-state index in [0.717, 1.165) is 19.3 Å². The van der Waals surface area contributed by atoms with Crippen LogP contribution in [0.5, 0.6) is 0 Å². The van der Waals surface area contributed by atoms with E-state index in [1.807, 2.05) is 0 Å². The number of benzene rings is 2. The minimum atomic E-state index is -3.68. The van der Waals surface area contributed by atoms with Crippen molar-refractivity contribution >= 4 is 33.2 Å². The number of nitrogens with zero attached hydrogens (tertiary/aromatic N) is 2. The summed E-state index contributed by atoms with van der Waals surface area (Å²) in [5.74, 6) is -0.213. The van der Waals surface area contributed by atoms with Crippen LogP contribution in [0.2, 0.25) is 5.02 Å². The summed E-state index contributed by atoms with van der Waals surface area (Å²) in [5, 5.41) is 3.13. The number of sulfonamides is 1. The molecule has 178 valence electrons. The normalized spacial score (nSPS) is 17.3. The van der Waals surface area contributed by atoms with Gasteiger partial charge in [-0.15, -0.1) is 0 Å². The van der Waals surface area contributed by atoms with E-state index in [1.165, 1.54) is 33.6 Å². The zero-order valence-electron chi connectivity index (χ0n) is 18.8. The van der Waals surface area contributed by atoms with Gasteiger partial charge >= 0.3 is 0 Å². The van der Waals surface area contributed by atoms with Crippen LogP contribution in [0, 0.1) is 0 Å². The molecule has 2 aliphatic rings. The van der Waals surface area contributed by atoms with Crippen molar-refractivity contribution < 1.29 is 17.9 Å². The maximum absolute atomic E-state index is 13.0. The fourth-order valence-corrected chi connectivity index (χ4v) is 5.54. The molecular weight excluding hydrogens is 462 g/mol. The van der Waals surface area contributed by atoms with Crippen molar-refractivity contribution in [2.75, 3.05) is 38.2 Å². The van der Waals surface area contributed by atoms with Crippen molar-refractivity contribution in [1.29, 1.82) is 0 Å². The molecule has 9 heteroatoms. The van der Waals surface area contributed by atoms with Gasteiger partial charge in [0.05, 0.1) is 35.4 Å². The molecule has 2 fully saturated rings. The lowest BCUT2D eigenvalue weighted by atomic mass is 10.1. The first kappa shape index (κ1) is 24.2. The number of morpholine rings is 1. The van der Waals surface area contributed by atoms with E-state index in [2.05, 4.69) is 41.4 Å². The average molecular weight is 492 g/mol. The summed E-state index contributed by atoms with van der Waals surface area (Å²) in [6.07, 6.45) is 3.15. The summed E-state index contributed by atoms with van der Waals surface area (Å²) >= 11 is 6.29. The summed E-state index contributed by atoms with van der Waals surface area (Å²) in [6, 6.07) is 13.3. The van der Waals surface area contributed by atoms with Crippen LogP contribution in [0.3, 0.4) is 0 Å². The Morgan fingerprint density at radius 3 is 2.42 bits per heavy atom. The Morgan fingerprint density at radius 2 is 1.79 bits per heavy atom. The second-order valence-corrected chi connectivity index (χ2v) is 10.9. The Labute approximate surface area is 200 Å². The van der Waals surface area contributed by atoms with Gasteiger partial charge in [0.2, 0.25) is 15.9 Å². The molecule has 0 radical (unpaired) electrons. The van der Waals surface area contributed by atoms with Crippen LogP contribution >= 0.6 is 11.6 Å². The van der Waals surface area contributed by atoms with E-state index in [9.17, 15) is 13.2 Å². The molecule has 0 atom stereocenters. The first-order valence-electron chi connectivity index (χ1n) is 11.4. The van der Waals surface area contributed by atoms with Gasteiger partial charge in [0, 0.05) is 25.7 Å². The van der Waals surface area contributed by atoms with Crippen molar-refractivity contribution in [2.24, 2.45) is 0 Å². The van der Waals surface area contributed by atoms with Crippen LogP contribution in [-0.4, -0.2) is 62.4 Å². The number of hydrogen-bond donors (Lipinski definition) is 1. The number of ether oxygens (including phenoxy) is 1. The third-order valence-electron chi connectivity index (χ3n) is 6.05. The molecule has 33 heavy (non-hydrogen) atoms. The molecular formula is C24H30ClN3O4S. The summed E-state index contributed by atoms with van der Waals surface area (Å²) in [7, 11) is -3.68. The average Bonchev–Trinajstić information content (AvgIpc) is 3.66. The highest BCUT2D eigenvalue weighted by Gasteiger charge is 2.31. The minimum absolute atomic E-state index is 0.110. The van der Waals surface area contributed by atoms with Crippen molar-refractivity contribution in [3.63, 3.8) is 0 Å². The zero-order chi connectivity index (χ0) is 23.4. The van der Waals surface area contributed by atoms with Crippen LogP contribution in [-0.2, 0) is 32.5 Å². The molecule has 1 aliphatic carbocycles. The zero-order valence-corrected chi connectivity index (χ0v) is 20.4. The van der Waals surface area contributed by atoms with Gasteiger partial charge in [0.1, 0.15) is 0 Å². The summed E-state index contributed by atoms with van der Waals surface area (Å²) in [4.78, 5) is 15.1. The summed E-state index contributed by atoms with van der Waals surface area (Å²) in [6.45, 7) is 4.40. The van der Waals surface area contributed by atoms with Crippen molar-refractivity contribution in [2.45, 2.75) is 43.7 Å². The highest BCUT2D eigenvalue weighted by atomic mass is 35.5. The molecule has 1 saturated heterocycles. The molecule has 0 spiro atoms. The molecule has 1 aliphatic heterocycles. The third-order valence-corrected chi connectivity index (χ3v) is 8.27. The predicted molar refractivity (Wildman–Crippen MR) is 129 cm³/mol. The Bertz CT molecular complexity index is 1080. The van der Waals surface area contributed by atoms with E-state index < -0.39 is 10.0 Å². The van der Waals surface area contributed by atoms with E-state index in [-0.39, 0.29) is 17.3 Å². The van der Waals surface area contributed by atoms with Gasteiger partial charge < -0.3 is 10.1 Å². The van der Waals surface area contributed by atoms with Crippen LogP contribution in [0.4, 0.5) is 5.69 Å². The van der Waals surface area contributed by atoms with Gasteiger partial charge in [-0.1, -0.05) is 42.8 Å². The van der Waals surface area contributed by atoms with E-state index in [0.29, 0.717) is 49.6 Å². The number of aryl methyl sites for hydroxylation is 1. The molecule has 0 unspecified atom stereocenters. The Morgan fingerprint density at radius 1 is 1.12 bits per heavy atom. The van der Waals surface area contributed by atoms with Gasteiger partial charge in [0.15, 0.2) is 0 Å². The Balaban J connectivity index is 1.44. The van der Waals surface area contributed by atoms with Gasteiger partial charge in [-0.3, -0.25) is 9.69 Å². The summed E-state index contributed by atoms with van der Waals surface area (Å²) in [5.41, 5.74) is 2.76. The highest BCUT2D eigenvalue weighted by molar-refractivity contribution is 7.89. The maximum atomic E-state index is 13.0. The fraction of sp³-hybridized carbons (Fsp3) is 0.458. The monoisotopic (exact) mass is 491 g/mol. The smallest absolute Gasteiger partial charge is 0.243 e. The molecule has 2 aromatic carbocycles. The van der Waals surface area contributed by atoms with Crippen molar-refractivity contribution in [3.05, 3.63) is 58.6 Å². The maximum Gasteiger partial charge on any atom is 0.243 e. The van der Waals surface area contributed by atoms with Crippen LogP contribution in [0.25, 0.3) is 0 Å². The molecule has 1 saturated carbocycles. The molecule has 1 N–H and O–H groups in total. The topological polar surface area (TPSA) is 79.0 Å². The van der Waals surface area contributed by atoms with E-state index in [4.69, 9.17) is 16.3 Å². The van der Waals surface area contributed by atoms with Crippen molar-refractivity contribution in [3.8, 4) is 0 Å². The number of carbonyl (C=O) groups excluding carboxylic acids is 1. The molecule has 0 aromatic heterocycles. The lowest BCUT2D eigenvalue weighted by Gasteiger charge is -2.26. The fourth-order valence-electron chi connectivity index (χ4n) is 3.94. The van der Waals surface area contributed by atoms with Gasteiger partial charge in [-0.25, -0.2) is 8.42 Å². The molecule has 7 nitrogen and oxygen atoms in total. The number of nitrogens with one attached hydrogen (secondary N) is 1. The number of hydrogen-bond acceptors (Lipinski definition) is 5. The van der Waals surface area contributed by atoms with Crippen LogP contribution in [0.15, 0.2) is 47.4 Å². The third kappa shape index (κ3) is 6.13. The molecule has 1 amide bonds. The van der Waals surface area contributed by atoms with Crippen LogP contribution in [0.1, 0.15) is 30.9 Å². The Kier molecular flexibility index (Phi) is 7.71. The second kappa shape index (κ2) is 10.5.